The number of fused-ring (bicyclic) bond motifs is 2. The smallest absolute Gasteiger partial charge is 0.338 e. The van der Waals surface area contributed by atoms with Gasteiger partial charge in [0.05, 0.1) is 24.8 Å². The van der Waals surface area contributed by atoms with Gasteiger partial charge in [-0.15, -0.1) is 12.4 Å². The van der Waals surface area contributed by atoms with E-state index in [1.54, 1.807) is 6.07 Å². The van der Waals surface area contributed by atoms with Crippen LogP contribution in [0, 0.1) is 26.2 Å². The van der Waals surface area contributed by atoms with E-state index in [9.17, 15) is 9.18 Å². The summed E-state index contributed by atoms with van der Waals surface area (Å²) < 4.78 is 25.3. The average molecular weight is 486 g/mol. The van der Waals surface area contributed by atoms with Crippen LogP contribution >= 0.6 is 12.4 Å². The molecule has 0 amide bonds. The zero-order valence-electron chi connectivity index (χ0n) is 19.5. The van der Waals surface area contributed by atoms with Gasteiger partial charge < -0.3 is 14.4 Å². The van der Waals surface area contributed by atoms with Gasteiger partial charge in [0.1, 0.15) is 12.4 Å². The molecule has 34 heavy (non-hydrogen) atoms. The van der Waals surface area contributed by atoms with Crippen molar-refractivity contribution in [3.8, 4) is 0 Å². The van der Waals surface area contributed by atoms with Gasteiger partial charge in [0.2, 0.25) is 5.69 Å². The Balaban J connectivity index is 0.00000274. The van der Waals surface area contributed by atoms with E-state index >= 15 is 0 Å². The van der Waals surface area contributed by atoms with Crippen LogP contribution in [0.5, 0.6) is 0 Å². The molecule has 5 rings (SSSR count). The normalized spacial score (nSPS) is 22.4. The van der Waals surface area contributed by atoms with E-state index in [1.165, 1.54) is 17.2 Å². The Labute approximate surface area is 205 Å². The van der Waals surface area contributed by atoms with Crippen LogP contribution < -0.4 is 0 Å². The van der Waals surface area contributed by atoms with Gasteiger partial charge in [0.25, 0.3) is 0 Å². The molecular formula is C26H29ClFN3O3. The number of nitrogens with zero attached hydrogens (tertiary/aromatic N) is 3. The van der Waals surface area contributed by atoms with Crippen molar-refractivity contribution >= 4 is 24.1 Å². The highest BCUT2D eigenvalue weighted by Crippen LogP contribution is 2.34. The van der Waals surface area contributed by atoms with E-state index in [0.717, 1.165) is 50.3 Å². The van der Waals surface area contributed by atoms with Gasteiger partial charge in [-0.05, 0) is 54.7 Å². The maximum atomic E-state index is 13.9. The molecule has 2 aromatic rings. The molecule has 8 heteroatoms. The fraction of sp³-hybridized carbons (Fsp3) is 0.462. The zero-order chi connectivity index (χ0) is 23.1. The third-order valence-electron chi connectivity index (χ3n) is 7.44. The van der Waals surface area contributed by atoms with Gasteiger partial charge in [0.15, 0.2) is 0 Å². The summed E-state index contributed by atoms with van der Waals surface area (Å²) in [5.74, 6) is -0.682. The van der Waals surface area contributed by atoms with E-state index in [0.29, 0.717) is 30.4 Å². The molecule has 0 unspecified atom stereocenters. The topological polar surface area (TPSA) is 46.4 Å². The molecule has 2 fully saturated rings. The number of benzene rings is 2. The fourth-order valence-electron chi connectivity index (χ4n) is 5.36. The van der Waals surface area contributed by atoms with Gasteiger partial charge in [-0.25, -0.2) is 14.0 Å². The molecule has 0 aromatic heterocycles. The summed E-state index contributed by atoms with van der Waals surface area (Å²) in [7, 11) is 0. The average Bonchev–Trinajstić information content (AvgIpc) is 3.20. The first kappa shape index (κ1) is 24.6. The summed E-state index contributed by atoms with van der Waals surface area (Å²) in [5, 5.41) is 0. The van der Waals surface area contributed by atoms with Crippen LogP contribution in [0.2, 0.25) is 0 Å². The van der Waals surface area contributed by atoms with Crippen molar-refractivity contribution in [2.24, 2.45) is 0 Å². The fourth-order valence-corrected chi connectivity index (χ4v) is 5.36. The third kappa shape index (κ3) is 4.44. The standard InChI is InChI=1S/C26H28FN3O3.ClH/c1-16-18(4-5-21-22(16)15-33-26(21)31)8-9-29-10-11-30-13-24(32-14-19(30)12-29)20-6-7-23(27)25(28-3)17(20)2;/h4-7,19,24H,8-15H2,1-2H3;1H/t19-,24-;/m1./s1. The highest BCUT2D eigenvalue weighted by molar-refractivity contribution is 5.93. The molecule has 2 atom stereocenters. The minimum absolute atomic E-state index is 0. The lowest BCUT2D eigenvalue weighted by Gasteiger charge is -2.46. The number of carbonyl (C=O) groups excluding carboxylic acids is 1. The van der Waals surface area contributed by atoms with Crippen molar-refractivity contribution in [1.82, 2.24) is 9.80 Å². The van der Waals surface area contributed by atoms with Crippen molar-refractivity contribution in [3.05, 3.63) is 74.9 Å². The maximum absolute atomic E-state index is 13.9. The lowest BCUT2D eigenvalue weighted by Crippen LogP contribution is -2.58. The van der Waals surface area contributed by atoms with Crippen molar-refractivity contribution in [3.63, 3.8) is 0 Å². The van der Waals surface area contributed by atoms with E-state index in [-0.39, 0.29) is 30.2 Å². The zero-order valence-corrected chi connectivity index (χ0v) is 20.3. The molecule has 0 saturated carbocycles. The Hall–Kier alpha value is -2.50. The summed E-state index contributed by atoms with van der Waals surface area (Å²) in [4.78, 5) is 20.1. The van der Waals surface area contributed by atoms with Crippen molar-refractivity contribution in [2.45, 2.75) is 39.0 Å². The molecule has 3 aliphatic heterocycles. The van der Waals surface area contributed by atoms with Crippen LogP contribution in [0.3, 0.4) is 0 Å². The minimum Gasteiger partial charge on any atom is -0.457 e. The third-order valence-corrected chi connectivity index (χ3v) is 7.44. The molecule has 180 valence electrons. The molecule has 0 bridgehead atoms. The van der Waals surface area contributed by atoms with Gasteiger partial charge >= 0.3 is 5.97 Å². The molecule has 3 heterocycles. The molecule has 0 aliphatic carbocycles. The molecule has 6 nitrogen and oxygen atoms in total. The number of carbonyl (C=O) groups is 1. The number of piperazine rings is 1. The molecule has 2 aromatic carbocycles. The van der Waals surface area contributed by atoms with Crippen molar-refractivity contribution < 1.29 is 18.7 Å². The van der Waals surface area contributed by atoms with Gasteiger partial charge in [-0.2, -0.15) is 0 Å². The van der Waals surface area contributed by atoms with E-state index in [2.05, 4.69) is 27.6 Å². The van der Waals surface area contributed by atoms with Crippen LogP contribution in [0.15, 0.2) is 24.3 Å². The predicted octanol–water partition coefficient (Wildman–Crippen LogP) is 4.39. The SMILES string of the molecule is Cl.[C-]#[N+]c1c(F)ccc([C@H]2CN3CCN(CCc4ccc5c(c4C)COC5=O)C[C@@H]3CO2)c1C. The number of hydrogen-bond acceptors (Lipinski definition) is 5. The van der Waals surface area contributed by atoms with Crippen LogP contribution in [0.4, 0.5) is 10.1 Å². The van der Waals surface area contributed by atoms with Crippen LogP contribution in [-0.2, 0) is 22.5 Å². The lowest BCUT2D eigenvalue weighted by molar-refractivity contribution is -0.0902. The summed E-state index contributed by atoms with van der Waals surface area (Å²) >= 11 is 0. The molecular weight excluding hydrogens is 457 g/mol. The number of halogens is 2. The number of ether oxygens (including phenoxy) is 2. The molecule has 2 saturated heterocycles. The first-order chi connectivity index (χ1) is 16.0. The summed E-state index contributed by atoms with van der Waals surface area (Å²) in [6.45, 7) is 16.8. The second kappa shape index (κ2) is 10.0. The summed E-state index contributed by atoms with van der Waals surface area (Å²) in [6, 6.07) is 7.44. The lowest BCUT2D eigenvalue weighted by atomic mass is 9.96. The highest BCUT2D eigenvalue weighted by Gasteiger charge is 2.35. The number of hydrogen-bond donors (Lipinski definition) is 0. The van der Waals surface area contributed by atoms with E-state index in [4.69, 9.17) is 16.0 Å². The maximum Gasteiger partial charge on any atom is 0.338 e. The van der Waals surface area contributed by atoms with Gasteiger partial charge in [-0.3, -0.25) is 4.90 Å². The number of rotatable bonds is 4. The molecule has 3 aliphatic rings. The van der Waals surface area contributed by atoms with Crippen LogP contribution in [-0.4, -0.2) is 61.1 Å². The monoisotopic (exact) mass is 485 g/mol. The second-order valence-corrected chi connectivity index (χ2v) is 9.20. The Morgan fingerprint density at radius 1 is 1.15 bits per heavy atom. The van der Waals surface area contributed by atoms with Crippen molar-refractivity contribution in [2.75, 3.05) is 39.3 Å². The van der Waals surface area contributed by atoms with Gasteiger partial charge in [0, 0.05) is 44.3 Å². The first-order valence-corrected chi connectivity index (χ1v) is 11.5. The van der Waals surface area contributed by atoms with Crippen molar-refractivity contribution in [1.29, 1.82) is 0 Å². The number of esters is 1. The van der Waals surface area contributed by atoms with E-state index in [1.807, 2.05) is 13.0 Å². The highest BCUT2D eigenvalue weighted by atomic mass is 35.5. The Bertz CT molecular complexity index is 1150. The Kier molecular flexibility index (Phi) is 7.25. The largest absolute Gasteiger partial charge is 0.457 e. The Morgan fingerprint density at radius 3 is 2.76 bits per heavy atom. The van der Waals surface area contributed by atoms with Gasteiger partial charge in [-0.1, -0.05) is 12.1 Å². The molecule has 0 spiro atoms. The Morgan fingerprint density at radius 2 is 1.97 bits per heavy atom. The first-order valence-electron chi connectivity index (χ1n) is 11.5. The number of cyclic esters (lactones) is 1. The van der Waals surface area contributed by atoms with Crippen LogP contribution in [0.25, 0.3) is 4.85 Å². The summed E-state index contributed by atoms with van der Waals surface area (Å²) in [6.07, 6.45) is 0.811. The van der Waals surface area contributed by atoms with Crippen LogP contribution in [0.1, 0.15) is 44.3 Å². The minimum atomic E-state index is -0.466. The predicted molar refractivity (Wildman–Crippen MR) is 129 cm³/mol. The quantitative estimate of drug-likeness (QED) is 0.475. The molecule has 0 radical (unpaired) electrons. The second-order valence-electron chi connectivity index (χ2n) is 9.20. The van der Waals surface area contributed by atoms with E-state index < -0.39 is 5.82 Å². The number of morpholine rings is 1. The molecule has 0 N–H and O–H groups in total. The summed E-state index contributed by atoms with van der Waals surface area (Å²) in [5.41, 5.74) is 5.89.